The largest absolute Gasteiger partial charge is 0.507 e. The molecule has 0 radical (unpaired) electrons. The van der Waals surface area contributed by atoms with Crippen molar-refractivity contribution < 1.29 is 24.3 Å². The van der Waals surface area contributed by atoms with E-state index in [1.165, 1.54) is 12.1 Å². The Morgan fingerprint density at radius 2 is 2.00 bits per heavy atom. The number of aromatic nitrogens is 1. The maximum absolute atomic E-state index is 13.0. The van der Waals surface area contributed by atoms with Gasteiger partial charge < -0.3 is 24.4 Å². The van der Waals surface area contributed by atoms with Crippen molar-refractivity contribution in [2.24, 2.45) is 5.92 Å². The van der Waals surface area contributed by atoms with E-state index in [9.17, 15) is 15.0 Å². The van der Waals surface area contributed by atoms with Crippen LogP contribution in [0.1, 0.15) is 36.9 Å². The topological polar surface area (TPSA) is 96.0 Å². The number of hydrogen-bond acceptors (Lipinski definition) is 6. The molecule has 28 heavy (non-hydrogen) atoms. The fourth-order valence-corrected chi connectivity index (χ4v) is 4.31. The number of aromatic hydroxyl groups is 2. The van der Waals surface area contributed by atoms with E-state index in [-0.39, 0.29) is 34.5 Å². The Morgan fingerprint density at radius 1 is 1.25 bits per heavy atom. The van der Waals surface area contributed by atoms with Gasteiger partial charge in [-0.15, -0.1) is 0 Å². The molecule has 1 aromatic heterocycles. The Hall–Kier alpha value is -2.25. The quantitative estimate of drug-likeness (QED) is 0.809. The third-order valence-electron chi connectivity index (χ3n) is 5.82. The van der Waals surface area contributed by atoms with Crippen LogP contribution in [0.5, 0.6) is 11.5 Å². The van der Waals surface area contributed by atoms with Crippen LogP contribution in [0.2, 0.25) is 5.02 Å². The molecule has 1 aliphatic heterocycles. The second kappa shape index (κ2) is 7.64. The van der Waals surface area contributed by atoms with Crippen LogP contribution in [0.4, 0.5) is 0 Å². The Labute approximate surface area is 167 Å². The molecular formula is C20H23ClN2O5. The Balaban J connectivity index is 1.55. The number of ether oxygens (including phenoxy) is 1. The van der Waals surface area contributed by atoms with E-state index in [0.29, 0.717) is 30.8 Å². The van der Waals surface area contributed by atoms with Gasteiger partial charge in [0.15, 0.2) is 5.76 Å². The summed E-state index contributed by atoms with van der Waals surface area (Å²) in [5, 5.41) is 24.1. The third kappa shape index (κ3) is 3.44. The molecule has 1 saturated carbocycles. The molecule has 4 rings (SSSR count). The molecule has 2 heterocycles. The van der Waals surface area contributed by atoms with E-state index in [1.807, 2.05) is 4.90 Å². The third-order valence-corrected chi connectivity index (χ3v) is 6.12. The fraction of sp³-hybridized carbons (Fsp3) is 0.500. The molecule has 1 aromatic carbocycles. The lowest BCUT2D eigenvalue weighted by Crippen LogP contribution is -2.41. The van der Waals surface area contributed by atoms with Gasteiger partial charge in [-0.1, -0.05) is 16.8 Å². The van der Waals surface area contributed by atoms with E-state index in [4.69, 9.17) is 20.9 Å². The first-order valence-corrected chi connectivity index (χ1v) is 9.86. The maximum Gasteiger partial charge on any atom is 0.225 e. The number of benzene rings is 1. The molecule has 0 saturated heterocycles. The molecule has 7 nitrogen and oxygen atoms in total. The Kier molecular flexibility index (Phi) is 5.21. The first-order chi connectivity index (χ1) is 13.5. The highest BCUT2D eigenvalue weighted by Gasteiger charge is 2.33. The fourth-order valence-electron chi connectivity index (χ4n) is 4.15. The van der Waals surface area contributed by atoms with Gasteiger partial charge in [0.05, 0.1) is 28.9 Å². The standard InChI is InChI=1S/C20H23ClN2O5/c1-27-12-4-2-11(3-5-12)20(26)23-7-6-16-14(10-23)19(28-22-16)13-8-15(21)18(25)9-17(13)24/h8-9,11-12,24-25H,2-7,10H2,1H3. The molecule has 150 valence electrons. The summed E-state index contributed by atoms with van der Waals surface area (Å²) in [6.45, 7) is 0.986. The zero-order valence-electron chi connectivity index (χ0n) is 15.7. The van der Waals surface area contributed by atoms with Gasteiger partial charge in [-0.25, -0.2) is 0 Å². The van der Waals surface area contributed by atoms with Crippen LogP contribution in [0.3, 0.4) is 0 Å². The monoisotopic (exact) mass is 406 g/mol. The van der Waals surface area contributed by atoms with Crippen LogP contribution in [-0.4, -0.2) is 45.9 Å². The zero-order valence-corrected chi connectivity index (χ0v) is 16.4. The number of carbonyl (C=O) groups excluding carboxylic acids is 1. The van der Waals surface area contributed by atoms with Crippen LogP contribution in [0.25, 0.3) is 11.3 Å². The molecular weight excluding hydrogens is 384 g/mol. The van der Waals surface area contributed by atoms with Crippen molar-refractivity contribution in [3.63, 3.8) is 0 Å². The van der Waals surface area contributed by atoms with Crippen molar-refractivity contribution in [2.45, 2.75) is 44.8 Å². The van der Waals surface area contributed by atoms with E-state index >= 15 is 0 Å². The number of phenols is 2. The van der Waals surface area contributed by atoms with Gasteiger partial charge >= 0.3 is 0 Å². The molecule has 2 aliphatic rings. The van der Waals surface area contributed by atoms with Gasteiger partial charge in [0.1, 0.15) is 11.5 Å². The minimum atomic E-state index is -0.209. The van der Waals surface area contributed by atoms with Gasteiger partial charge in [0, 0.05) is 37.6 Å². The molecule has 0 spiro atoms. The first-order valence-electron chi connectivity index (χ1n) is 9.48. The van der Waals surface area contributed by atoms with Gasteiger partial charge in [0.2, 0.25) is 5.91 Å². The van der Waals surface area contributed by atoms with Crippen molar-refractivity contribution in [1.82, 2.24) is 10.1 Å². The minimum Gasteiger partial charge on any atom is -0.507 e. The van der Waals surface area contributed by atoms with Crippen LogP contribution in [0.15, 0.2) is 16.7 Å². The molecule has 1 amide bonds. The highest BCUT2D eigenvalue weighted by Crippen LogP contribution is 2.40. The summed E-state index contributed by atoms with van der Waals surface area (Å²) >= 11 is 5.99. The molecule has 0 unspecified atom stereocenters. The summed E-state index contributed by atoms with van der Waals surface area (Å²) in [5.41, 5.74) is 1.92. The second-order valence-electron chi connectivity index (χ2n) is 7.48. The number of amides is 1. The van der Waals surface area contributed by atoms with Crippen molar-refractivity contribution >= 4 is 17.5 Å². The number of methoxy groups -OCH3 is 1. The number of hydrogen-bond donors (Lipinski definition) is 2. The number of fused-ring (bicyclic) bond motifs is 1. The van der Waals surface area contributed by atoms with E-state index in [1.54, 1.807) is 7.11 Å². The maximum atomic E-state index is 13.0. The molecule has 0 atom stereocenters. The Bertz CT molecular complexity index is 889. The molecule has 0 bridgehead atoms. The summed E-state index contributed by atoms with van der Waals surface area (Å²) in [6.07, 6.45) is 4.35. The van der Waals surface area contributed by atoms with Crippen LogP contribution in [-0.2, 0) is 22.5 Å². The summed E-state index contributed by atoms with van der Waals surface area (Å²) < 4.78 is 10.9. The van der Waals surface area contributed by atoms with Gasteiger partial charge in [-0.05, 0) is 31.7 Å². The zero-order chi connectivity index (χ0) is 19.8. The molecule has 2 N–H and O–H groups in total. The Morgan fingerprint density at radius 3 is 2.71 bits per heavy atom. The summed E-state index contributed by atoms with van der Waals surface area (Å²) in [5.74, 6) is 0.199. The van der Waals surface area contributed by atoms with Gasteiger partial charge in [-0.2, -0.15) is 0 Å². The number of rotatable bonds is 3. The number of phenolic OH excluding ortho intramolecular Hbond substituents is 2. The highest BCUT2D eigenvalue weighted by molar-refractivity contribution is 6.32. The molecule has 1 fully saturated rings. The molecule has 1 aliphatic carbocycles. The van der Waals surface area contributed by atoms with Crippen molar-refractivity contribution in [3.8, 4) is 22.8 Å². The van der Waals surface area contributed by atoms with E-state index in [0.717, 1.165) is 36.9 Å². The summed E-state index contributed by atoms with van der Waals surface area (Å²) in [6, 6.07) is 2.62. The molecule has 8 heteroatoms. The highest BCUT2D eigenvalue weighted by atomic mass is 35.5. The lowest BCUT2D eigenvalue weighted by molar-refractivity contribution is -0.138. The van der Waals surface area contributed by atoms with Crippen LogP contribution < -0.4 is 0 Å². The van der Waals surface area contributed by atoms with Crippen LogP contribution >= 0.6 is 11.6 Å². The summed E-state index contributed by atoms with van der Waals surface area (Å²) in [4.78, 5) is 14.9. The predicted molar refractivity (Wildman–Crippen MR) is 102 cm³/mol. The minimum absolute atomic E-state index is 0.0211. The summed E-state index contributed by atoms with van der Waals surface area (Å²) in [7, 11) is 1.72. The van der Waals surface area contributed by atoms with Crippen LogP contribution in [0, 0.1) is 5.92 Å². The van der Waals surface area contributed by atoms with E-state index in [2.05, 4.69) is 5.16 Å². The van der Waals surface area contributed by atoms with Crippen molar-refractivity contribution in [2.75, 3.05) is 13.7 Å². The smallest absolute Gasteiger partial charge is 0.225 e. The molecule has 2 aromatic rings. The van der Waals surface area contributed by atoms with Crippen molar-refractivity contribution in [3.05, 3.63) is 28.4 Å². The number of halogens is 1. The predicted octanol–water partition coefficient (Wildman–Crippen LogP) is 3.50. The lowest BCUT2D eigenvalue weighted by atomic mass is 9.86. The number of carbonyl (C=O) groups is 1. The average molecular weight is 407 g/mol. The number of nitrogens with zero attached hydrogens (tertiary/aromatic N) is 2. The normalized spacial score (nSPS) is 22.1. The van der Waals surface area contributed by atoms with E-state index < -0.39 is 0 Å². The van der Waals surface area contributed by atoms with Crippen molar-refractivity contribution in [1.29, 1.82) is 0 Å². The first kappa shape index (κ1) is 19.1. The average Bonchev–Trinajstić information content (AvgIpc) is 3.13. The SMILES string of the molecule is COC1CCC(C(=O)N2CCc3noc(-c4cc(Cl)c(O)cc4O)c3C2)CC1. The van der Waals surface area contributed by atoms with Gasteiger partial charge in [-0.3, -0.25) is 4.79 Å². The van der Waals surface area contributed by atoms with Gasteiger partial charge in [0.25, 0.3) is 0 Å². The second-order valence-corrected chi connectivity index (χ2v) is 7.88. The lowest BCUT2D eigenvalue weighted by Gasteiger charge is -2.33.